The third-order valence-electron chi connectivity index (χ3n) is 6.01. The van der Waals surface area contributed by atoms with E-state index in [0.29, 0.717) is 17.2 Å². The highest BCUT2D eigenvalue weighted by molar-refractivity contribution is 7.13. The average molecular weight is 522 g/mol. The maximum atomic E-state index is 4.98. The number of rotatable bonds is 8. The van der Waals surface area contributed by atoms with E-state index in [-0.39, 0.29) is 5.41 Å². The lowest BCUT2D eigenvalue weighted by molar-refractivity contribution is 0.403. The summed E-state index contributed by atoms with van der Waals surface area (Å²) in [6, 6.07) is 10.1. The smallest absolute Gasteiger partial charge is 0.178 e. The standard InChI is InChI=1S/C30H31N7S/c1-7-19(16-20(8-2)32-18(3)17-30(4,5)6)22-11-12-23-26(33-22)27(37-36-23)29-34-25-21(24-10-9-15-38-24)13-14-31-28(25)35-29/h7-16,32H,2-3,17H2,1,4-6H3,(H,36,37)(H,31,34,35)/b19-7+,20-16+. The van der Waals surface area contributed by atoms with Crippen LogP contribution >= 0.6 is 11.3 Å². The molecule has 5 aromatic heterocycles. The molecule has 0 saturated heterocycles. The second kappa shape index (κ2) is 10.2. The number of nitrogens with one attached hydrogen (secondary N) is 3. The molecule has 0 aromatic carbocycles. The summed E-state index contributed by atoms with van der Waals surface area (Å²) in [4.78, 5) is 18.8. The molecule has 0 saturated carbocycles. The highest BCUT2D eigenvalue weighted by Gasteiger charge is 2.18. The van der Waals surface area contributed by atoms with Crippen molar-refractivity contribution < 1.29 is 0 Å². The minimum absolute atomic E-state index is 0.140. The average Bonchev–Trinajstić information content (AvgIpc) is 3.63. The van der Waals surface area contributed by atoms with Gasteiger partial charge < -0.3 is 10.3 Å². The van der Waals surface area contributed by atoms with E-state index in [1.165, 1.54) is 0 Å². The van der Waals surface area contributed by atoms with E-state index in [2.05, 4.69) is 70.9 Å². The van der Waals surface area contributed by atoms with E-state index in [9.17, 15) is 0 Å². The molecular weight excluding hydrogens is 490 g/mol. The van der Waals surface area contributed by atoms with E-state index < -0.39 is 0 Å². The number of thiophene rings is 1. The van der Waals surface area contributed by atoms with Crippen LogP contribution in [0.2, 0.25) is 0 Å². The number of hydrogen-bond acceptors (Lipinski definition) is 6. The van der Waals surface area contributed by atoms with Crippen molar-refractivity contribution >= 4 is 39.1 Å². The van der Waals surface area contributed by atoms with Crippen molar-refractivity contribution in [1.82, 2.24) is 35.5 Å². The number of pyridine rings is 2. The van der Waals surface area contributed by atoms with Crippen LogP contribution in [0.5, 0.6) is 0 Å². The van der Waals surface area contributed by atoms with Gasteiger partial charge in [0.05, 0.1) is 16.7 Å². The molecule has 3 N–H and O–H groups in total. The molecule has 0 spiro atoms. The summed E-state index contributed by atoms with van der Waals surface area (Å²) >= 11 is 1.68. The van der Waals surface area contributed by atoms with Crippen LogP contribution in [0.25, 0.3) is 49.7 Å². The summed E-state index contributed by atoms with van der Waals surface area (Å²) in [5.74, 6) is 0.622. The van der Waals surface area contributed by atoms with Gasteiger partial charge in [-0.05, 0) is 66.1 Å². The first-order valence-corrected chi connectivity index (χ1v) is 13.3. The van der Waals surface area contributed by atoms with Crippen LogP contribution in [0.15, 0.2) is 84.7 Å². The highest BCUT2D eigenvalue weighted by atomic mass is 32.1. The fourth-order valence-electron chi connectivity index (χ4n) is 4.39. The van der Waals surface area contributed by atoms with E-state index in [1.54, 1.807) is 23.6 Å². The summed E-state index contributed by atoms with van der Waals surface area (Å²) in [7, 11) is 0. The Morgan fingerprint density at radius 3 is 2.71 bits per heavy atom. The Labute approximate surface area is 226 Å². The van der Waals surface area contributed by atoms with Crippen LogP contribution in [0.1, 0.15) is 39.8 Å². The van der Waals surface area contributed by atoms with Gasteiger partial charge >= 0.3 is 0 Å². The molecule has 192 valence electrons. The maximum Gasteiger partial charge on any atom is 0.178 e. The molecule has 0 atom stereocenters. The minimum atomic E-state index is 0.140. The Balaban J connectivity index is 1.51. The molecule has 8 heteroatoms. The number of H-pyrrole nitrogens is 2. The lowest BCUT2D eigenvalue weighted by Gasteiger charge is -2.21. The van der Waals surface area contributed by atoms with E-state index in [4.69, 9.17) is 9.97 Å². The van der Waals surface area contributed by atoms with Crippen LogP contribution in [0.3, 0.4) is 0 Å². The largest absolute Gasteiger partial charge is 0.359 e. The Morgan fingerprint density at radius 1 is 1.16 bits per heavy atom. The molecule has 5 heterocycles. The Kier molecular flexibility index (Phi) is 6.82. The zero-order valence-corrected chi connectivity index (χ0v) is 22.9. The predicted molar refractivity (Wildman–Crippen MR) is 158 cm³/mol. The molecule has 0 aliphatic heterocycles. The van der Waals surface area contributed by atoms with Gasteiger partial charge in [-0.25, -0.2) is 15.0 Å². The lowest BCUT2D eigenvalue weighted by Crippen LogP contribution is -2.16. The second-order valence-corrected chi connectivity index (χ2v) is 11.2. The summed E-state index contributed by atoms with van der Waals surface area (Å²) in [5.41, 5.74) is 8.53. The first-order chi connectivity index (χ1) is 18.3. The number of hydrogen-bond donors (Lipinski definition) is 3. The summed E-state index contributed by atoms with van der Waals surface area (Å²) in [6.07, 6.45) is 8.50. The van der Waals surface area contributed by atoms with Gasteiger partial charge in [-0.15, -0.1) is 11.3 Å². The molecule has 0 bridgehead atoms. The molecular formula is C30H31N7S. The maximum absolute atomic E-state index is 4.98. The van der Waals surface area contributed by atoms with Crippen molar-refractivity contribution in [2.24, 2.45) is 5.41 Å². The van der Waals surface area contributed by atoms with Crippen LogP contribution < -0.4 is 5.32 Å². The van der Waals surface area contributed by atoms with E-state index in [1.807, 2.05) is 43.3 Å². The lowest BCUT2D eigenvalue weighted by atomic mass is 9.91. The number of allylic oxidation sites excluding steroid dienone is 5. The molecule has 7 nitrogen and oxygen atoms in total. The Hall–Kier alpha value is -4.30. The Morgan fingerprint density at radius 2 is 2.00 bits per heavy atom. The van der Waals surface area contributed by atoms with Crippen LogP contribution in [-0.4, -0.2) is 30.1 Å². The van der Waals surface area contributed by atoms with Crippen molar-refractivity contribution in [2.75, 3.05) is 0 Å². The van der Waals surface area contributed by atoms with Gasteiger partial charge in [-0.2, -0.15) is 5.10 Å². The van der Waals surface area contributed by atoms with Crippen LogP contribution in [0.4, 0.5) is 0 Å². The van der Waals surface area contributed by atoms with Gasteiger partial charge in [0, 0.05) is 28.0 Å². The minimum Gasteiger partial charge on any atom is -0.359 e. The monoisotopic (exact) mass is 521 g/mol. The van der Waals surface area contributed by atoms with Gasteiger partial charge in [-0.3, -0.25) is 5.10 Å². The first-order valence-electron chi connectivity index (χ1n) is 12.5. The van der Waals surface area contributed by atoms with Gasteiger partial charge in [0.15, 0.2) is 17.2 Å². The normalized spacial score (nSPS) is 12.8. The van der Waals surface area contributed by atoms with Crippen LogP contribution in [-0.2, 0) is 0 Å². The molecule has 0 fully saturated rings. The summed E-state index contributed by atoms with van der Waals surface area (Å²) < 4.78 is 0. The zero-order valence-electron chi connectivity index (χ0n) is 22.1. The van der Waals surface area contributed by atoms with Crippen molar-refractivity contribution in [3.63, 3.8) is 0 Å². The SMILES string of the molecule is C=C/C(=C\C(=C/C)c1ccc2[nH]nc(-c3nc4nccc(-c5cccs5)c4[nH]3)c2n1)NC(=C)CC(C)(C)C. The zero-order chi connectivity index (χ0) is 26.9. The summed E-state index contributed by atoms with van der Waals surface area (Å²) in [6.45, 7) is 16.7. The molecule has 0 aliphatic carbocycles. The first kappa shape index (κ1) is 25.4. The third kappa shape index (κ3) is 5.21. The fourth-order valence-corrected chi connectivity index (χ4v) is 5.15. The van der Waals surface area contributed by atoms with Crippen molar-refractivity contribution in [2.45, 2.75) is 34.1 Å². The van der Waals surface area contributed by atoms with Crippen molar-refractivity contribution in [3.05, 3.63) is 90.4 Å². The number of fused-ring (bicyclic) bond motifs is 2. The van der Waals surface area contributed by atoms with Crippen molar-refractivity contribution in [1.29, 1.82) is 0 Å². The van der Waals surface area contributed by atoms with Gasteiger partial charge in [0.25, 0.3) is 0 Å². The highest BCUT2D eigenvalue weighted by Crippen LogP contribution is 2.32. The topological polar surface area (TPSA) is 95.2 Å². The van der Waals surface area contributed by atoms with Gasteiger partial charge in [-0.1, -0.05) is 46.1 Å². The predicted octanol–water partition coefficient (Wildman–Crippen LogP) is 7.64. The number of imidazole rings is 1. The van der Waals surface area contributed by atoms with Crippen LogP contribution in [0, 0.1) is 5.41 Å². The molecule has 5 rings (SSSR count). The number of aromatic nitrogens is 6. The van der Waals surface area contributed by atoms with Gasteiger partial charge in [0.1, 0.15) is 5.52 Å². The molecule has 0 aliphatic rings. The number of nitrogens with zero attached hydrogens (tertiary/aromatic N) is 4. The molecule has 0 amide bonds. The fraction of sp³-hybridized carbons (Fsp3) is 0.200. The van der Waals surface area contributed by atoms with Gasteiger partial charge in [0.2, 0.25) is 0 Å². The molecule has 0 unspecified atom stereocenters. The number of aromatic amines is 2. The third-order valence-corrected chi connectivity index (χ3v) is 6.92. The molecule has 0 radical (unpaired) electrons. The quantitative estimate of drug-likeness (QED) is 0.182. The van der Waals surface area contributed by atoms with E-state index in [0.717, 1.165) is 56.1 Å². The summed E-state index contributed by atoms with van der Waals surface area (Å²) in [5, 5.41) is 13.1. The second-order valence-electron chi connectivity index (χ2n) is 10.3. The molecule has 5 aromatic rings. The van der Waals surface area contributed by atoms with E-state index >= 15 is 0 Å². The Bertz CT molecular complexity index is 1690. The van der Waals surface area contributed by atoms with Crippen molar-refractivity contribution in [3.8, 4) is 22.0 Å². The molecule has 38 heavy (non-hydrogen) atoms.